The molecule has 0 bridgehead atoms. The summed E-state index contributed by atoms with van der Waals surface area (Å²) in [5.74, 6) is 0.573. The van der Waals surface area contributed by atoms with Crippen LogP contribution in [0.5, 0.6) is 5.88 Å². The van der Waals surface area contributed by atoms with Gasteiger partial charge in [-0.15, -0.1) is 0 Å². The molecule has 12 aromatic rings. The number of fused-ring (bicyclic) bond motifs is 6. The molecule has 15 rings (SSSR count). The molecule has 0 amide bonds. The van der Waals surface area contributed by atoms with Gasteiger partial charge in [0, 0.05) is 98.5 Å². The van der Waals surface area contributed by atoms with E-state index in [1.165, 1.54) is 0 Å². The minimum atomic E-state index is 0.0522. The highest BCUT2D eigenvalue weighted by atomic mass is 16.5. The summed E-state index contributed by atoms with van der Waals surface area (Å²) in [7, 11) is 1.61. The first kappa shape index (κ1) is 56.4. The number of aromatic nitrogens is 12. The van der Waals surface area contributed by atoms with E-state index < -0.39 is 0 Å². The smallest absolute Gasteiger partial charge is 0.329 e. The molecular formula is C67H74N12O7. The number of aliphatic hydroxyl groups excluding tert-OH is 3. The van der Waals surface area contributed by atoms with Crippen LogP contribution in [0.15, 0.2) is 154 Å². The van der Waals surface area contributed by atoms with Crippen molar-refractivity contribution in [2.45, 2.75) is 134 Å². The molecule has 9 aromatic heterocycles. The Morgan fingerprint density at radius 2 is 0.837 bits per heavy atom. The van der Waals surface area contributed by atoms with Crippen LogP contribution in [0.2, 0.25) is 0 Å². The van der Waals surface area contributed by atoms with E-state index in [1.54, 1.807) is 19.5 Å². The molecule has 19 heteroatoms. The Balaban J connectivity index is 0.000000120. The summed E-state index contributed by atoms with van der Waals surface area (Å²) < 4.78 is 23.5. The lowest BCUT2D eigenvalue weighted by atomic mass is 10.3. The molecule has 3 aliphatic rings. The second kappa shape index (κ2) is 24.7. The molecule has 3 aliphatic carbocycles. The minimum absolute atomic E-state index is 0.0522. The molecule has 3 fully saturated rings. The minimum Gasteiger partial charge on any atom is -0.481 e. The lowest BCUT2D eigenvalue weighted by Crippen LogP contribution is -2.25. The van der Waals surface area contributed by atoms with Crippen molar-refractivity contribution in [3.8, 4) is 5.88 Å². The van der Waals surface area contributed by atoms with E-state index in [0.29, 0.717) is 43.6 Å². The average molecular weight is 1160 g/mol. The maximum absolute atomic E-state index is 13.3. The summed E-state index contributed by atoms with van der Waals surface area (Å²) >= 11 is 0. The molecule has 444 valence electrons. The molecule has 0 aliphatic heterocycles. The predicted octanol–water partition coefficient (Wildman–Crippen LogP) is 9.93. The van der Waals surface area contributed by atoms with Crippen LogP contribution in [0.3, 0.4) is 0 Å². The Bertz CT molecular complexity index is 4380. The number of methoxy groups -OCH3 is 1. The van der Waals surface area contributed by atoms with Gasteiger partial charge in [0.2, 0.25) is 5.88 Å². The highest BCUT2D eigenvalue weighted by Crippen LogP contribution is 2.39. The van der Waals surface area contributed by atoms with Crippen LogP contribution in [-0.4, -0.2) is 98.3 Å². The number of rotatable bonds is 22. The topological polar surface area (TPSA) is 204 Å². The molecule has 3 aromatic carbocycles. The largest absolute Gasteiger partial charge is 0.481 e. The quantitative estimate of drug-likeness (QED) is 0.0548. The van der Waals surface area contributed by atoms with Gasteiger partial charge < -0.3 is 33.8 Å². The van der Waals surface area contributed by atoms with E-state index in [-0.39, 0.29) is 36.9 Å². The number of hydrogen-bond acceptors (Lipinski definition) is 10. The van der Waals surface area contributed by atoms with Crippen molar-refractivity contribution >= 4 is 66.1 Å². The van der Waals surface area contributed by atoms with Crippen molar-refractivity contribution in [1.29, 1.82) is 0 Å². The number of ether oxygens (including phenoxy) is 1. The van der Waals surface area contributed by atoms with Crippen LogP contribution >= 0.6 is 0 Å². The summed E-state index contributed by atoms with van der Waals surface area (Å²) in [6, 6.07) is 41.4. The Hall–Kier alpha value is -8.78. The number of aliphatic hydroxyl groups is 3. The van der Waals surface area contributed by atoms with Gasteiger partial charge in [0.25, 0.3) is 0 Å². The van der Waals surface area contributed by atoms with E-state index in [4.69, 9.17) is 14.9 Å². The van der Waals surface area contributed by atoms with Crippen molar-refractivity contribution in [2.75, 3.05) is 26.9 Å². The average Bonchev–Trinajstić information content (AvgIpc) is 2.72. The zero-order chi connectivity index (χ0) is 58.8. The van der Waals surface area contributed by atoms with Gasteiger partial charge in [0.1, 0.15) is 0 Å². The van der Waals surface area contributed by atoms with Crippen molar-refractivity contribution in [3.05, 3.63) is 188 Å². The van der Waals surface area contributed by atoms with Gasteiger partial charge in [0.05, 0.1) is 93.6 Å². The molecule has 19 nitrogen and oxygen atoms in total. The Morgan fingerprint density at radius 1 is 0.430 bits per heavy atom. The van der Waals surface area contributed by atoms with Gasteiger partial charge in [-0.25, -0.2) is 19.4 Å². The van der Waals surface area contributed by atoms with E-state index in [1.807, 2.05) is 137 Å². The number of pyridine rings is 3. The molecule has 0 spiro atoms. The third kappa shape index (κ3) is 11.1. The maximum Gasteiger partial charge on any atom is 0.329 e. The first-order valence-electron chi connectivity index (χ1n) is 30.6. The van der Waals surface area contributed by atoms with Crippen molar-refractivity contribution in [3.63, 3.8) is 0 Å². The summed E-state index contributed by atoms with van der Waals surface area (Å²) in [5.41, 5.74) is 14.4. The number of aryl methyl sites for hydroxylation is 3. The number of unbranched alkanes of at least 4 members (excludes halogenated alkanes) is 3. The molecule has 86 heavy (non-hydrogen) atoms. The van der Waals surface area contributed by atoms with Crippen molar-refractivity contribution in [2.24, 2.45) is 0 Å². The van der Waals surface area contributed by atoms with Crippen LogP contribution in [0.4, 0.5) is 0 Å². The van der Waals surface area contributed by atoms with Crippen molar-refractivity contribution < 1.29 is 20.1 Å². The monoisotopic (exact) mass is 1160 g/mol. The summed E-state index contributed by atoms with van der Waals surface area (Å²) in [5, 5.41) is 28.7. The predicted molar refractivity (Wildman–Crippen MR) is 335 cm³/mol. The molecule has 0 unspecified atom stereocenters. The summed E-state index contributed by atoms with van der Waals surface area (Å²) in [6.07, 6.45) is 16.9. The Labute approximate surface area is 495 Å². The molecule has 3 saturated carbocycles. The van der Waals surface area contributed by atoms with Gasteiger partial charge in [0.15, 0.2) is 0 Å². The number of benzene rings is 3. The first-order valence-corrected chi connectivity index (χ1v) is 30.6. The summed E-state index contributed by atoms with van der Waals surface area (Å²) in [6.45, 7) is 4.49. The fourth-order valence-corrected chi connectivity index (χ4v) is 12.6. The third-order valence-electron chi connectivity index (χ3n) is 17.2. The first-order chi connectivity index (χ1) is 42.3. The lowest BCUT2D eigenvalue weighted by molar-refractivity contribution is 0.281. The molecule has 0 saturated heterocycles. The van der Waals surface area contributed by atoms with E-state index in [9.17, 15) is 19.5 Å². The normalized spacial score (nSPS) is 14.2. The molecule has 0 atom stereocenters. The lowest BCUT2D eigenvalue weighted by Gasteiger charge is -2.11. The zero-order valence-electron chi connectivity index (χ0n) is 48.7. The standard InChI is InChI=1S/C23H26N4O3.2C22H24N4O2/c1-30-22-11-10-19-18(24-22)14-17(25(19)12-4-5-13-28)15-26-20-6-2-3-7-21(20)27(23(26)29)16-8-9-16;27-13-4-3-12-24-17(14-18-19(24)8-5-11-23-18)15-25-20-6-1-2-7-21(20)26(22(25)28)16-9-10-16;27-12-4-3-11-24-18(13-16-9-10-23-14-21(16)24)15-25-19-5-1-2-6-20(19)26(22(25)28)17-7-8-17/h2-3,6-7,10-11,14,16,28H,4-5,8-9,12-13,15H2,1H3;1-2,5-8,11,14,16,27H,3-4,9-10,12-13,15H2;1-2,5-6,9-10,13-14,17,27H,3-4,7-8,11-12,15H2. The molecular weight excluding hydrogens is 1080 g/mol. The van der Waals surface area contributed by atoms with Crippen molar-refractivity contribution in [1.82, 2.24) is 56.1 Å². The van der Waals surface area contributed by atoms with Gasteiger partial charge in [-0.2, -0.15) is 0 Å². The fraction of sp³-hybridized carbons (Fsp3) is 0.373. The third-order valence-corrected chi connectivity index (χ3v) is 17.2. The second-order valence-corrected chi connectivity index (χ2v) is 23.1. The van der Waals surface area contributed by atoms with E-state index in [2.05, 4.69) is 46.9 Å². The van der Waals surface area contributed by atoms with Crippen LogP contribution in [-0.2, 0) is 39.3 Å². The molecule has 0 radical (unpaired) electrons. The Morgan fingerprint density at radius 3 is 1.28 bits per heavy atom. The van der Waals surface area contributed by atoms with Crippen LogP contribution in [0, 0.1) is 0 Å². The van der Waals surface area contributed by atoms with E-state index >= 15 is 0 Å². The van der Waals surface area contributed by atoms with Crippen LogP contribution < -0.4 is 21.8 Å². The zero-order valence-corrected chi connectivity index (χ0v) is 48.7. The SMILES string of the molecule is COc1ccc2c(cc(Cn3c(=O)n(C4CC4)c4ccccc43)n2CCCCO)n1.O=c1n(Cc2cc3ccncc3n2CCCCO)c2ccccc2n1C1CC1.O=c1n(Cc2cc3ncccc3n2CCCCO)c2ccccc2n1C1CC1. The highest BCUT2D eigenvalue weighted by Gasteiger charge is 2.32. The van der Waals surface area contributed by atoms with E-state index in [0.717, 1.165) is 180 Å². The fourth-order valence-electron chi connectivity index (χ4n) is 12.6. The number of imidazole rings is 3. The molecule has 9 heterocycles. The van der Waals surface area contributed by atoms with Gasteiger partial charge in [-0.3, -0.25) is 37.4 Å². The second-order valence-electron chi connectivity index (χ2n) is 23.1. The number of para-hydroxylation sites is 6. The number of hydrogen-bond donors (Lipinski definition) is 3. The van der Waals surface area contributed by atoms with Gasteiger partial charge in [-0.1, -0.05) is 36.4 Å². The number of nitrogens with zero attached hydrogens (tertiary/aromatic N) is 12. The Kier molecular flexibility index (Phi) is 16.2. The summed E-state index contributed by atoms with van der Waals surface area (Å²) in [4.78, 5) is 53.1. The van der Waals surface area contributed by atoms with Gasteiger partial charge in [-0.05, 0) is 156 Å². The highest BCUT2D eigenvalue weighted by molar-refractivity contribution is 5.82. The van der Waals surface area contributed by atoms with Gasteiger partial charge >= 0.3 is 17.1 Å². The van der Waals surface area contributed by atoms with Crippen LogP contribution in [0.1, 0.15) is 112 Å². The maximum atomic E-state index is 13.3. The molecule has 3 N–H and O–H groups in total. The van der Waals surface area contributed by atoms with Crippen LogP contribution in [0.25, 0.3) is 66.1 Å².